The van der Waals surface area contributed by atoms with Gasteiger partial charge in [0, 0.05) is 0 Å². The summed E-state index contributed by atoms with van der Waals surface area (Å²) in [5, 5.41) is 0. The molecule has 1 spiro atoms. The summed E-state index contributed by atoms with van der Waals surface area (Å²) in [6.07, 6.45) is 6.17. The van der Waals surface area contributed by atoms with Crippen molar-refractivity contribution in [2.45, 2.75) is 43.9 Å². The number of hydrogen-bond acceptors (Lipinski definition) is 3. The van der Waals surface area contributed by atoms with Crippen LogP contribution in [0.2, 0.25) is 0 Å². The lowest BCUT2D eigenvalue weighted by atomic mass is 10.0. The van der Waals surface area contributed by atoms with Gasteiger partial charge in [0.25, 0.3) is 10.1 Å². The van der Waals surface area contributed by atoms with E-state index < -0.39 is 10.1 Å². The van der Waals surface area contributed by atoms with E-state index in [1.54, 1.807) is 24.3 Å². The SMILES string of the molecule is Cc1ccc(S(=O)(=O)OCC2CCC3(CC3)C2)cc1. The summed E-state index contributed by atoms with van der Waals surface area (Å²) in [5.74, 6) is 0.419. The van der Waals surface area contributed by atoms with Gasteiger partial charge in [0.1, 0.15) is 0 Å². The molecular weight excluding hydrogens is 260 g/mol. The van der Waals surface area contributed by atoms with Gasteiger partial charge in [0.2, 0.25) is 0 Å². The first-order chi connectivity index (χ1) is 8.99. The Bertz CT molecular complexity index is 556. The Kier molecular flexibility index (Phi) is 3.18. The molecule has 0 radical (unpaired) electrons. The third-order valence-electron chi connectivity index (χ3n) is 4.53. The Morgan fingerprint density at radius 3 is 2.47 bits per heavy atom. The highest BCUT2D eigenvalue weighted by atomic mass is 32.2. The molecule has 2 saturated carbocycles. The Morgan fingerprint density at radius 1 is 1.21 bits per heavy atom. The van der Waals surface area contributed by atoms with Crippen LogP contribution in [0.5, 0.6) is 0 Å². The van der Waals surface area contributed by atoms with Crippen molar-refractivity contribution in [2.75, 3.05) is 6.61 Å². The zero-order valence-corrected chi connectivity index (χ0v) is 12.1. The second kappa shape index (κ2) is 4.60. The summed E-state index contributed by atoms with van der Waals surface area (Å²) in [5.41, 5.74) is 1.62. The zero-order valence-electron chi connectivity index (χ0n) is 11.3. The van der Waals surface area contributed by atoms with Gasteiger partial charge in [-0.25, -0.2) is 0 Å². The van der Waals surface area contributed by atoms with E-state index in [0.717, 1.165) is 18.4 Å². The number of benzene rings is 1. The smallest absolute Gasteiger partial charge is 0.266 e. The first-order valence-corrected chi connectivity index (χ1v) is 8.36. The minimum Gasteiger partial charge on any atom is -0.266 e. The van der Waals surface area contributed by atoms with Gasteiger partial charge in [-0.2, -0.15) is 8.42 Å². The van der Waals surface area contributed by atoms with Gasteiger partial charge < -0.3 is 0 Å². The molecule has 0 aliphatic heterocycles. The van der Waals surface area contributed by atoms with Crippen LogP contribution in [0.15, 0.2) is 29.2 Å². The van der Waals surface area contributed by atoms with Crippen LogP contribution in [-0.2, 0) is 14.3 Å². The van der Waals surface area contributed by atoms with Crippen LogP contribution in [0.4, 0.5) is 0 Å². The van der Waals surface area contributed by atoms with E-state index in [4.69, 9.17) is 4.18 Å². The molecule has 3 nitrogen and oxygen atoms in total. The van der Waals surface area contributed by atoms with Crippen LogP contribution in [0, 0.1) is 18.3 Å². The highest BCUT2D eigenvalue weighted by Gasteiger charge is 2.48. The summed E-state index contributed by atoms with van der Waals surface area (Å²) in [4.78, 5) is 0.261. The van der Waals surface area contributed by atoms with Crippen LogP contribution in [0.1, 0.15) is 37.7 Å². The second-order valence-electron chi connectivity index (χ2n) is 6.16. The predicted molar refractivity (Wildman–Crippen MR) is 73.3 cm³/mol. The van der Waals surface area contributed by atoms with E-state index in [9.17, 15) is 8.42 Å². The topological polar surface area (TPSA) is 43.4 Å². The van der Waals surface area contributed by atoms with Crippen molar-refractivity contribution < 1.29 is 12.6 Å². The van der Waals surface area contributed by atoms with Crippen molar-refractivity contribution in [3.05, 3.63) is 29.8 Å². The van der Waals surface area contributed by atoms with Gasteiger partial charge in [-0.3, -0.25) is 4.18 Å². The minimum atomic E-state index is -3.58. The van der Waals surface area contributed by atoms with Gasteiger partial charge in [-0.15, -0.1) is 0 Å². The Balaban J connectivity index is 1.60. The van der Waals surface area contributed by atoms with Crippen molar-refractivity contribution in [1.82, 2.24) is 0 Å². The lowest BCUT2D eigenvalue weighted by Gasteiger charge is -2.11. The summed E-state index contributed by atoms with van der Waals surface area (Å²) in [6, 6.07) is 6.82. The molecule has 2 aliphatic rings. The van der Waals surface area contributed by atoms with Crippen molar-refractivity contribution in [3.63, 3.8) is 0 Å². The summed E-state index contributed by atoms with van der Waals surface area (Å²) in [6.45, 7) is 2.28. The molecule has 1 aromatic rings. The summed E-state index contributed by atoms with van der Waals surface area (Å²) in [7, 11) is -3.58. The van der Waals surface area contributed by atoms with Crippen LogP contribution < -0.4 is 0 Å². The maximum Gasteiger partial charge on any atom is 0.296 e. The van der Waals surface area contributed by atoms with Crippen LogP contribution >= 0.6 is 0 Å². The Hall–Kier alpha value is -0.870. The van der Waals surface area contributed by atoms with Gasteiger partial charge in [0.05, 0.1) is 11.5 Å². The standard InChI is InChI=1S/C15H20O3S/c1-12-2-4-14(5-3-12)19(16,17)18-11-13-6-7-15(10-13)8-9-15/h2-5,13H,6-11H2,1H3. The van der Waals surface area contributed by atoms with E-state index in [0.29, 0.717) is 17.9 Å². The lowest BCUT2D eigenvalue weighted by molar-refractivity contribution is 0.251. The first kappa shape index (κ1) is 13.1. The van der Waals surface area contributed by atoms with E-state index in [1.807, 2.05) is 6.92 Å². The maximum absolute atomic E-state index is 12.1. The Labute approximate surface area is 115 Å². The predicted octanol–water partition coefficient (Wildman–Crippen LogP) is 3.28. The maximum atomic E-state index is 12.1. The molecule has 0 heterocycles. The summed E-state index contributed by atoms with van der Waals surface area (Å²) < 4.78 is 29.3. The molecule has 0 aromatic heterocycles. The molecule has 1 unspecified atom stereocenters. The lowest BCUT2D eigenvalue weighted by Crippen LogP contribution is -2.13. The van der Waals surface area contributed by atoms with E-state index >= 15 is 0 Å². The normalized spacial score (nSPS) is 24.8. The van der Waals surface area contributed by atoms with Crippen LogP contribution in [-0.4, -0.2) is 15.0 Å². The minimum absolute atomic E-state index is 0.261. The van der Waals surface area contributed by atoms with E-state index in [2.05, 4.69) is 0 Å². The molecule has 1 atom stereocenters. The number of hydrogen-bond donors (Lipinski definition) is 0. The first-order valence-electron chi connectivity index (χ1n) is 6.95. The van der Waals surface area contributed by atoms with Gasteiger partial charge in [0.15, 0.2) is 0 Å². The van der Waals surface area contributed by atoms with Gasteiger partial charge >= 0.3 is 0 Å². The molecule has 19 heavy (non-hydrogen) atoms. The molecule has 0 bridgehead atoms. The fraction of sp³-hybridized carbons (Fsp3) is 0.600. The molecule has 104 valence electrons. The molecule has 2 fully saturated rings. The second-order valence-corrected chi connectivity index (χ2v) is 7.78. The van der Waals surface area contributed by atoms with Crippen molar-refractivity contribution >= 4 is 10.1 Å². The Morgan fingerprint density at radius 2 is 1.89 bits per heavy atom. The highest BCUT2D eigenvalue weighted by molar-refractivity contribution is 7.86. The fourth-order valence-corrected chi connectivity index (χ4v) is 4.04. The molecule has 3 rings (SSSR count). The average molecular weight is 280 g/mol. The van der Waals surface area contributed by atoms with Crippen molar-refractivity contribution in [1.29, 1.82) is 0 Å². The van der Waals surface area contributed by atoms with Crippen molar-refractivity contribution in [2.24, 2.45) is 11.3 Å². The third kappa shape index (κ3) is 2.84. The molecule has 1 aromatic carbocycles. The molecule has 0 saturated heterocycles. The highest BCUT2D eigenvalue weighted by Crippen LogP contribution is 2.59. The fourth-order valence-electron chi connectivity index (χ4n) is 3.06. The zero-order chi connectivity index (χ0) is 13.5. The van der Waals surface area contributed by atoms with Crippen molar-refractivity contribution in [3.8, 4) is 0 Å². The molecule has 2 aliphatic carbocycles. The molecule has 4 heteroatoms. The quantitative estimate of drug-likeness (QED) is 0.795. The van der Waals surface area contributed by atoms with Crippen LogP contribution in [0.25, 0.3) is 0 Å². The largest absolute Gasteiger partial charge is 0.296 e. The van der Waals surface area contributed by atoms with E-state index in [-0.39, 0.29) is 4.90 Å². The number of rotatable bonds is 4. The molecule has 0 amide bonds. The summed E-state index contributed by atoms with van der Waals surface area (Å²) >= 11 is 0. The average Bonchev–Trinajstić information content (AvgIpc) is 2.99. The van der Waals surface area contributed by atoms with Crippen LogP contribution in [0.3, 0.4) is 0 Å². The third-order valence-corrected chi connectivity index (χ3v) is 5.83. The van der Waals surface area contributed by atoms with Gasteiger partial charge in [-0.05, 0) is 62.5 Å². The number of aryl methyl sites for hydroxylation is 1. The van der Waals surface area contributed by atoms with E-state index in [1.165, 1.54) is 19.3 Å². The molecular formula is C15H20O3S. The van der Waals surface area contributed by atoms with Gasteiger partial charge in [-0.1, -0.05) is 17.7 Å². The monoisotopic (exact) mass is 280 g/mol. The molecule has 0 N–H and O–H groups in total.